The number of carbonyl (C=O) groups excluding carboxylic acids is 2. The summed E-state index contributed by atoms with van der Waals surface area (Å²) in [4.78, 5) is 39.5. The summed E-state index contributed by atoms with van der Waals surface area (Å²) in [5.74, 6) is -1.82. The third kappa shape index (κ3) is 6.09. The zero-order valence-electron chi connectivity index (χ0n) is 23.5. The third-order valence-corrected chi connectivity index (χ3v) is 6.90. The van der Waals surface area contributed by atoms with Crippen LogP contribution in [0, 0.1) is 5.92 Å². The predicted molar refractivity (Wildman–Crippen MR) is 153 cm³/mol. The first-order valence-corrected chi connectivity index (χ1v) is 13.3. The number of aliphatic hydroxyl groups is 1. The SMILES string of the molecule is CC(C)COc1ccc(/C(O)=C2\C(=O)C(=O)N(Cc3ccc(C(=O)O)cc3)C2c2ccc(C(C)(C)C)cc2)cc1. The van der Waals surface area contributed by atoms with Crippen molar-refractivity contribution in [1.29, 1.82) is 0 Å². The van der Waals surface area contributed by atoms with Crippen molar-refractivity contribution in [2.24, 2.45) is 5.92 Å². The molecule has 1 atom stereocenters. The number of likely N-dealkylation sites (tertiary alicyclic amines) is 1. The van der Waals surface area contributed by atoms with Crippen LogP contribution >= 0.6 is 0 Å². The lowest BCUT2D eigenvalue weighted by atomic mass is 9.85. The number of ketones is 1. The van der Waals surface area contributed by atoms with Crippen molar-refractivity contribution in [2.75, 3.05) is 6.61 Å². The topological polar surface area (TPSA) is 104 Å². The van der Waals surface area contributed by atoms with Gasteiger partial charge in [-0.3, -0.25) is 9.59 Å². The standard InChI is InChI=1S/C33H35NO6/c1-20(2)19-40-26-16-12-23(13-17-26)29(35)27-28(22-10-14-25(15-11-22)33(3,4)5)34(31(37)30(27)36)18-21-6-8-24(9-7-21)32(38)39/h6-17,20,28,35H,18-19H2,1-5H3,(H,38,39)/b29-27+. The minimum atomic E-state index is -1.05. The summed E-state index contributed by atoms with van der Waals surface area (Å²) < 4.78 is 5.74. The molecule has 1 amide bonds. The van der Waals surface area contributed by atoms with E-state index in [9.17, 15) is 24.6 Å². The minimum absolute atomic E-state index is 0.00603. The molecule has 4 rings (SSSR count). The van der Waals surface area contributed by atoms with Crippen LogP contribution in [0.15, 0.2) is 78.4 Å². The molecule has 1 saturated heterocycles. The molecule has 1 unspecified atom stereocenters. The van der Waals surface area contributed by atoms with Crippen molar-refractivity contribution in [1.82, 2.24) is 4.90 Å². The number of ether oxygens (including phenoxy) is 1. The summed E-state index contributed by atoms with van der Waals surface area (Å²) >= 11 is 0. The van der Waals surface area contributed by atoms with E-state index in [-0.39, 0.29) is 28.9 Å². The molecule has 208 valence electrons. The Morgan fingerprint density at radius 1 is 0.875 bits per heavy atom. The van der Waals surface area contributed by atoms with Crippen LogP contribution in [0.25, 0.3) is 5.76 Å². The molecule has 1 aliphatic heterocycles. The zero-order chi connectivity index (χ0) is 29.2. The number of carboxylic acid groups (broad SMARTS) is 1. The van der Waals surface area contributed by atoms with Crippen LogP contribution in [0.4, 0.5) is 0 Å². The van der Waals surface area contributed by atoms with Crippen molar-refractivity contribution in [3.05, 3.63) is 106 Å². The highest BCUT2D eigenvalue weighted by molar-refractivity contribution is 6.46. The Kier molecular flexibility index (Phi) is 8.14. The molecule has 0 aliphatic carbocycles. The summed E-state index contributed by atoms with van der Waals surface area (Å²) in [6.07, 6.45) is 0. The quantitative estimate of drug-likeness (QED) is 0.196. The van der Waals surface area contributed by atoms with Crippen LogP contribution in [0.2, 0.25) is 0 Å². The minimum Gasteiger partial charge on any atom is -0.507 e. The summed E-state index contributed by atoms with van der Waals surface area (Å²) in [5, 5.41) is 20.6. The Morgan fingerprint density at radius 3 is 1.98 bits per heavy atom. The number of benzene rings is 3. The van der Waals surface area contributed by atoms with E-state index in [4.69, 9.17) is 4.74 Å². The second-order valence-electron chi connectivity index (χ2n) is 11.5. The van der Waals surface area contributed by atoms with Gasteiger partial charge in [0.25, 0.3) is 11.7 Å². The zero-order valence-corrected chi connectivity index (χ0v) is 23.5. The van der Waals surface area contributed by atoms with Crippen LogP contribution in [0.3, 0.4) is 0 Å². The lowest BCUT2D eigenvalue weighted by Crippen LogP contribution is -2.29. The number of aliphatic hydroxyl groups excluding tert-OH is 1. The van der Waals surface area contributed by atoms with Crippen molar-refractivity contribution in [2.45, 2.75) is 52.6 Å². The molecule has 1 heterocycles. The number of rotatable bonds is 8. The molecular formula is C33H35NO6. The van der Waals surface area contributed by atoms with E-state index in [2.05, 4.69) is 20.8 Å². The van der Waals surface area contributed by atoms with E-state index < -0.39 is 23.7 Å². The maximum absolute atomic E-state index is 13.4. The fourth-order valence-corrected chi connectivity index (χ4v) is 4.63. The molecule has 0 radical (unpaired) electrons. The Morgan fingerprint density at radius 2 is 1.45 bits per heavy atom. The van der Waals surface area contributed by atoms with Gasteiger partial charge < -0.3 is 19.8 Å². The molecule has 7 nitrogen and oxygen atoms in total. The molecule has 40 heavy (non-hydrogen) atoms. The number of Topliss-reactive ketones (excluding diaryl/α,β-unsaturated/α-hetero) is 1. The lowest BCUT2D eigenvalue weighted by Gasteiger charge is -2.26. The van der Waals surface area contributed by atoms with Gasteiger partial charge in [-0.2, -0.15) is 0 Å². The van der Waals surface area contributed by atoms with E-state index in [0.717, 1.165) is 5.56 Å². The average Bonchev–Trinajstić information content (AvgIpc) is 3.16. The molecule has 3 aromatic rings. The van der Waals surface area contributed by atoms with E-state index in [1.165, 1.54) is 17.0 Å². The number of aromatic carboxylic acids is 1. The number of carbonyl (C=O) groups is 3. The van der Waals surface area contributed by atoms with Gasteiger partial charge in [0.2, 0.25) is 0 Å². The van der Waals surface area contributed by atoms with Gasteiger partial charge in [0, 0.05) is 12.1 Å². The van der Waals surface area contributed by atoms with Crippen molar-refractivity contribution >= 4 is 23.4 Å². The number of nitrogens with zero attached hydrogens (tertiary/aromatic N) is 1. The molecule has 0 saturated carbocycles. The van der Waals surface area contributed by atoms with Gasteiger partial charge in [-0.25, -0.2) is 4.79 Å². The van der Waals surface area contributed by atoms with Crippen molar-refractivity contribution < 1.29 is 29.3 Å². The molecule has 2 N–H and O–H groups in total. The van der Waals surface area contributed by atoms with Gasteiger partial charge in [-0.15, -0.1) is 0 Å². The van der Waals surface area contributed by atoms with Crippen molar-refractivity contribution in [3.8, 4) is 5.75 Å². The third-order valence-electron chi connectivity index (χ3n) is 6.90. The number of hydrogen-bond donors (Lipinski definition) is 2. The van der Waals surface area contributed by atoms with Crippen LogP contribution in [-0.2, 0) is 21.5 Å². The van der Waals surface area contributed by atoms with E-state index in [0.29, 0.717) is 35.0 Å². The Balaban J connectivity index is 1.77. The highest BCUT2D eigenvalue weighted by Gasteiger charge is 2.46. The Labute approximate surface area is 234 Å². The molecule has 0 aromatic heterocycles. The van der Waals surface area contributed by atoms with Gasteiger partial charge in [0.15, 0.2) is 0 Å². The fraction of sp³-hybridized carbons (Fsp3) is 0.303. The maximum atomic E-state index is 13.4. The van der Waals surface area contributed by atoms with Gasteiger partial charge in [-0.1, -0.05) is 71.0 Å². The Bertz CT molecular complexity index is 1430. The van der Waals surface area contributed by atoms with Gasteiger partial charge in [-0.05, 0) is 64.4 Å². The van der Waals surface area contributed by atoms with Crippen LogP contribution < -0.4 is 4.74 Å². The average molecular weight is 542 g/mol. The van der Waals surface area contributed by atoms with Crippen LogP contribution in [0.5, 0.6) is 5.75 Å². The molecule has 3 aromatic carbocycles. The predicted octanol–water partition coefficient (Wildman–Crippen LogP) is 6.34. The second-order valence-corrected chi connectivity index (χ2v) is 11.5. The first-order chi connectivity index (χ1) is 18.9. The fourth-order valence-electron chi connectivity index (χ4n) is 4.63. The molecular weight excluding hydrogens is 506 g/mol. The number of hydrogen-bond acceptors (Lipinski definition) is 5. The van der Waals surface area contributed by atoms with E-state index in [1.54, 1.807) is 36.4 Å². The first-order valence-electron chi connectivity index (χ1n) is 13.3. The lowest BCUT2D eigenvalue weighted by molar-refractivity contribution is -0.140. The smallest absolute Gasteiger partial charge is 0.335 e. The summed E-state index contributed by atoms with van der Waals surface area (Å²) in [5.41, 5.74) is 2.88. The van der Waals surface area contributed by atoms with Crippen molar-refractivity contribution in [3.63, 3.8) is 0 Å². The molecule has 1 aliphatic rings. The molecule has 0 spiro atoms. The first kappa shape index (κ1) is 28.6. The molecule has 7 heteroatoms. The van der Waals surface area contributed by atoms with Crippen LogP contribution in [0.1, 0.15) is 73.3 Å². The normalized spacial score (nSPS) is 16.9. The van der Waals surface area contributed by atoms with E-state index in [1.807, 2.05) is 38.1 Å². The monoisotopic (exact) mass is 541 g/mol. The Hall–Kier alpha value is -4.39. The van der Waals surface area contributed by atoms with Gasteiger partial charge in [0.05, 0.1) is 23.8 Å². The summed E-state index contributed by atoms with van der Waals surface area (Å²) in [6, 6.07) is 19.8. The summed E-state index contributed by atoms with van der Waals surface area (Å²) in [7, 11) is 0. The van der Waals surface area contributed by atoms with Gasteiger partial charge >= 0.3 is 5.97 Å². The highest BCUT2D eigenvalue weighted by Crippen LogP contribution is 2.41. The summed E-state index contributed by atoms with van der Waals surface area (Å²) in [6.45, 7) is 11.0. The van der Waals surface area contributed by atoms with E-state index >= 15 is 0 Å². The molecule has 1 fully saturated rings. The van der Waals surface area contributed by atoms with Crippen LogP contribution in [-0.4, -0.2) is 39.4 Å². The second kappa shape index (κ2) is 11.4. The molecule has 0 bridgehead atoms. The number of amides is 1. The van der Waals surface area contributed by atoms with Gasteiger partial charge in [0.1, 0.15) is 11.5 Å². The number of carboxylic acids is 1. The highest BCUT2D eigenvalue weighted by atomic mass is 16.5. The largest absolute Gasteiger partial charge is 0.507 e. The maximum Gasteiger partial charge on any atom is 0.335 e.